The molecule has 0 aromatic rings. The topological polar surface area (TPSA) is 142 Å². The zero-order chi connectivity index (χ0) is 5.41. The summed E-state index contributed by atoms with van der Waals surface area (Å²) in [6.45, 7) is 0. The Labute approximate surface area is 59.6 Å². The van der Waals surface area contributed by atoms with Crippen molar-refractivity contribution in [3.05, 3.63) is 0 Å². The van der Waals surface area contributed by atoms with Crippen molar-refractivity contribution >= 4 is 12.2 Å². The summed E-state index contributed by atoms with van der Waals surface area (Å²) < 4.78 is 0. The van der Waals surface area contributed by atoms with Crippen molar-refractivity contribution in [2.24, 2.45) is 0 Å². The number of hydrogen-bond donors (Lipinski definition) is 2. The van der Waals surface area contributed by atoms with Gasteiger partial charge in [-0.05, 0) is 0 Å². The molecule has 0 aromatic carbocycles. The van der Waals surface area contributed by atoms with E-state index in [1.807, 2.05) is 0 Å². The Morgan fingerprint density at radius 3 is 1.00 bits per heavy atom. The van der Waals surface area contributed by atoms with Crippen LogP contribution in [0.15, 0.2) is 0 Å². The Hall–Kier alpha value is -1.32. The van der Waals surface area contributed by atoms with Crippen LogP contribution in [0.1, 0.15) is 14.9 Å². The lowest BCUT2D eigenvalue weighted by Gasteiger charge is -1.02. The summed E-state index contributed by atoms with van der Waals surface area (Å²) in [6.07, 6.45) is 1.00. The largest absolute Gasteiger partial charge is 0.412 e. The number of rotatable bonds is 0. The molecule has 0 aliphatic heterocycles. The van der Waals surface area contributed by atoms with Gasteiger partial charge in [0.15, 0.2) is 0 Å². The fourth-order valence-corrected chi connectivity index (χ4v) is 0. The number of nitrogens with one attached hydrogen (secondary N) is 1. The highest BCUT2D eigenvalue weighted by Crippen LogP contribution is 0.868. The van der Waals surface area contributed by atoms with E-state index in [-0.39, 0.29) is 32.6 Å². The third kappa shape index (κ3) is 124. The lowest BCUT2D eigenvalue weighted by molar-refractivity contribution is -0.191. The molecule has 0 aliphatic rings. The molecule has 6 heteroatoms. The highest BCUT2D eigenvalue weighted by molar-refractivity contribution is 5.26. The van der Waals surface area contributed by atoms with Crippen molar-refractivity contribution in [3.8, 4) is 0 Å². The Morgan fingerprint density at radius 2 is 1.00 bits per heavy atom. The van der Waals surface area contributed by atoms with Crippen molar-refractivity contribution in [1.82, 2.24) is 6.15 Å². The molecule has 0 rings (SSSR count). The van der Waals surface area contributed by atoms with Crippen LogP contribution in [0.4, 0.5) is 0 Å². The standard InChI is InChI=1S/CHNO.CO2.2CH4.H3N.H2O/c2*2-1-3;;;;/h2H;;2*1H4;1H3;1H2. The molecule has 0 atom stereocenters. The first kappa shape index (κ1) is 71.3. The minimum atomic E-state index is 0. The average molecular weight is 154 g/mol. The Kier molecular flexibility index (Phi) is 5280. The van der Waals surface area contributed by atoms with Crippen LogP contribution in [0.2, 0.25) is 0 Å². The second-order valence-electron chi connectivity index (χ2n) is 0.185. The third-order valence-electron chi connectivity index (χ3n) is 0. The molecule has 0 aromatic heterocycles. The van der Waals surface area contributed by atoms with E-state index in [0.29, 0.717) is 0 Å². The lowest BCUT2D eigenvalue weighted by atomic mass is 11.7. The summed E-state index contributed by atoms with van der Waals surface area (Å²) in [4.78, 5) is 24.6. The molecule has 64 valence electrons. The molecule has 6 N–H and O–H groups in total. The number of hydrogen-bond acceptors (Lipinski definition) is 5. The third-order valence-corrected chi connectivity index (χ3v) is 0. The van der Waals surface area contributed by atoms with Crippen LogP contribution in [0.3, 0.4) is 0 Å². The van der Waals surface area contributed by atoms with Gasteiger partial charge in [0.05, 0.1) is 0 Å². The summed E-state index contributed by atoms with van der Waals surface area (Å²) in [6, 6.07) is 0. The van der Waals surface area contributed by atoms with E-state index in [2.05, 4.69) is 0 Å². The van der Waals surface area contributed by atoms with Crippen LogP contribution < -0.4 is 6.15 Å². The fourth-order valence-electron chi connectivity index (χ4n) is 0. The molecule has 0 fully saturated rings. The van der Waals surface area contributed by atoms with Gasteiger partial charge < -0.3 is 11.6 Å². The molecule has 6 nitrogen and oxygen atoms in total. The van der Waals surface area contributed by atoms with Crippen molar-refractivity contribution in [3.63, 3.8) is 0 Å². The van der Waals surface area contributed by atoms with Crippen LogP contribution in [-0.4, -0.2) is 17.7 Å². The zero-order valence-corrected chi connectivity index (χ0v) is 3.93. The Bertz CT molecular complexity index is 69.3. The van der Waals surface area contributed by atoms with Crippen LogP contribution in [0.5, 0.6) is 0 Å². The quantitative estimate of drug-likeness (QED) is 0.371. The molecule has 0 saturated heterocycles. The minimum Gasteiger partial charge on any atom is -0.412 e. The summed E-state index contributed by atoms with van der Waals surface area (Å²) in [5.74, 6) is 0. The van der Waals surface area contributed by atoms with Crippen LogP contribution >= 0.6 is 0 Å². The van der Waals surface area contributed by atoms with Crippen LogP contribution in [0, 0.1) is 5.41 Å². The predicted molar refractivity (Wildman–Crippen MR) is 35.5 cm³/mol. The van der Waals surface area contributed by atoms with Gasteiger partial charge in [-0.15, -0.1) is 0 Å². The van der Waals surface area contributed by atoms with Gasteiger partial charge in [0.2, 0.25) is 6.08 Å². The number of isocyanates is 1. The molecule has 0 bridgehead atoms. The van der Waals surface area contributed by atoms with Crippen molar-refractivity contribution < 1.29 is 19.9 Å². The van der Waals surface area contributed by atoms with Crippen molar-refractivity contribution in [1.29, 1.82) is 5.41 Å². The molecule has 0 unspecified atom stereocenters. The predicted octanol–water partition coefficient (Wildman–Crippen LogP) is -0.0730. The SMILES string of the molecule is C.C.N.N=C=O.O.O=C=O. The molecule has 0 heterocycles. The smallest absolute Gasteiger partial charge is 0.373 e. The highest BCUT2D eigenvalue weighted by atomic mass is 16.2. The number of carbonyl (C=O) groups excluding carboxylic acids is 3. The summed E-state index contributed by atoms with van der Waals surface area (Å²) in [7, 11) is 0. The molecular formula is C4H14N2O4. The second-order valence-corrected chi connectivity index (χ2v) is 0.185. The Balaban J connectivity index is -0.00000000571. The normalized spacial score (nSPS) is 1.60. The zero-order valence-electron chi connectivity index (χ0n) is 3.93. The van der Waals surface area contributed by atoms with Gasteiger partial charge in [0, 0.05) is 0 Å². The van der Waals surface area contributed by atoms with Gasteiger partial charge in [-0.3, -0.25) is 0 Å². The lowest BCUT2D eigenvalue weighted by Crippen LogP contribution is -1.22. The summed E-state index contributed by atoms with van der Waals surface area (Å²) >= 11 is 0. The van der Waals surface area contributed by atoms with E-state index in [1.54, 1.807) is 0 Å². The molecule has 0 aliphatic carbocycles. The molecule has 0 radical (unpaired) electrons. The van der Waals surface area contributed by atoms with E-state index >= 15 is 0 Å². The molecule has 10 heavy (non-hydrogen) atoms. The van der Waals surface area contributed by atoms with E-state index in [1.165, 1.54) is 0 Å². The van der Waals surface area contributed by atoms with Crippen LogP contribution in [0.25, 0.3) is 0 Å². The minimum absolute atomic E-state index is 0. The van der Waals surface area contributed by atoms with Gasteiger partial charge in [0.1, 0.15) is 0 Å². The van der Waals surface area contributed by atoms with Crippen molar-refractivity contribution in [2.45, 2.75) is 14.9 Å². The first-order valence-electron chi connectivity index (χ1n) is 0.862. The summed E-state index contributed by atoms with van der Waals surface area (Å²) in [5, 5.41) is 5.40. The molecule has 0 saturated carbocycles. The fraction of sp³-hybridized carbons (Fsp3) is 0.500. The molecular weight excluding hydrogens is 140 g/mol. The van der Waals surface area contributed by atoms with E-state index < -0.39 is 0 Å². The average Bonchev–Trinajstić information content (AvgIpc) is 1.39. The second kappa shape index (κ2) is 741. The molecule has 0 amide bonds. The summed E-state index contributed by atoms with van der Waals surface area (Å²) in [5.41, 5.74) is 0. The van der Waals surface area contributed by atoms with Gasteiger partial charge >= 0.3 is 6.15 Å². The maximum Gasteiger partial charge on any atom is 0.373 e. The van der Waals surface area contributed by atoms with E-state index in [0.717, 1.165) is 6.08 Å². The van der Waals surface area contributed by atoms with E-state index in [9.17, 15) is 0 Å². The highest BCUT2D eigenvalue weighted by Gasteiger charge is 1.13. The first-order chi connectivity index (χ1) is 2.83. The molecule has 0 spiro atoms. The maximum absolute atomic E-state index is 8.35. The van der Waals surface area contributed by atoms with Crippen LogP contribution in [-0.2, 0) is 14.4 Å². The maximum atomic E-state index is 8.35. The van der Waals surface area contributed by atoms with Gasteiger partial charge in [0.25, 0.3) is 0 Å². The van der Waals surface area contributed by atoms with Gasteiger partial charge in [-0.25, -0.2) is 10.2 Å². The Morgan fingerprint density at radius 1 is 1.00 bits per heavy atom. The first-order valence-corrected chi connectivity index (χ1v) is 0.862. The van der Waals surface area contributed by atoms with Gasteiger partial charge in [-0.2, -0.15) is 9.59 Å². The van der Waals surface area contributed by atoms with E-state index in [4.69, 9.17) is 19.8 Å². The van der Waals surface area contributed by atoms with Crippen molar-refractivity contribution in [2.75, 3.05) is 0 Å². The monoisotopic (exact) mass is 154 g/mol. The van der Waals surface area contributed by atoms with Gasteiger partial charge in [-0.1, -0.05) is 14.9 Å².